The third-order valence-corrected chi connectivity index (χ3v) is 0.766. The number of hydrogen-bond acceptors (Lipinski definition) is 3. The Kier molecular flexibility index (Phi) is 1.55. The molecular formula is C4H7N4O. The van der Waals surface area contributed by atoms with Crippen molar-refractivity contribution in [2.45, 2.75) is 6.92 Å². The van der Waals surface area contributed by atoms with Gasteiger partial charge < -0.3 is 0 Å². The fourth-order valence-electron chi connectivity index (χ4n) is 0.465. The van der Waals surface area contributed by atoms with Gasteiger partial charge in [-0.1, -0.05) is 11.5 Å². The van der Waals surface area contributed by atoms with Crippen molar-refractivity contribution in [2.24, 2.45) is 0 Å². The van der Waals surface area contributed by atoms with Crippen LogP contribution in [-0.2, 0) is 0 Å². The van der Waals surface area contributed by atoms with Crippen molar-refractivity contribution in [2.75, 3.05) is 0 Å². The Morgan fingerprint density at radius 3 is 3.00 bits per heavy atom. The molecule has 1 aliphatic heterocycles. The number of nitrogens with one attached hydrogen (secondary N) is 2. The highest BCUT2D eigenvalue weighted by atomic mass is 16.2. The molecule has 1 aliphatic rings. The lowest BCUT2D eigenvalue weighted by atomic mass is 10.7. The first-order chi connectivity index (χ1) is 4.33. The molecule has 5 nitrogen and oxygen atoms in total. The van der Waals surface area contributed by atoms with Gasteiger partial charge in [-0.15, -0.1) is 5.53 Å². The summed E-state index contributed by atoms with van der Waals surface area (Å²) in [7, 11) is 0. The van der Waals surface area contributed by atoms with Crippen LogP contribution in [0.3, 0.4) is 0 Å². The van der Waals surface area contributed by atoms with Crippen LogP contribution in [0.4, 0.5) is 4.79 Å². The number of nitrogens with zero attached hydrogens (tertiary/aromatic N) is 2. The van der Waals surface area contributed by atoms with E-state index in [2.05, 4.69) is 16.4 Å². The minimum Gasteiger partial charge on any atom is -0.250 e. The van der Waals surface area contributed by atoms with Crippen LogP contribution in [0.15, 0.2) is 12.3 Å². The minimum absolute atomic E-state index is 0.381. The molecule has 0 aromatic carbocycles. The standard InChI is InChI=1S/C4H7N4O/c1-2-3-8-6-4(9)5-7-8/h2-3,7H,1H3,(H,5,9). The molecule has 1 fully saturated rings. The summed E-state index contributed by atoms with van der Waals surface area (Å²) < 4.78 is 0. The molecule has 1 radical (unpaired) electrons. The van der Waals surface area contributed by atoms with E-state index in [9.17, 15) is 4.79 Å². The molecule has 49 valence electrons. The molecule has 9 heavy (non-hydrogen) atoms. The summed E-state index contributed by atoms with van der Waals surface area (Å²) >= 11 is 0. The highest BCUT2D eigenvalue weighted by Crippen LogP contribution is 1.84. The average Bonchev–Trinajstić information content (AvgIpc) is 2.17. The summed E-state index contributed by atoms with van der Waals surface area (Å²) in [4.78, 5) is 10.3. The van der Waals surface area contributed by atoms with E-state index in [1.54, 1.807) is 12.3 Å². The second-order valence-corrected chi connectivity index (χ2v) is 1.47. The molecule has 1 rings (SSSR count). The topological polar surface area (TPSA) is 58.5 Å². The lowest BCUT2D eigenvalue weighted by Crippen LogP contribution is -2.33. The molecule has 1 saturated heterocycles. The van der Waals surface area contributed by atoms with Gasteiger partial charge in [0.15, 0.2) is 0 Å². The molecular weight excluding hydrogens is 120 g/mol. The quantitative estimate of drug-likeness (QED) is 0.498. The van der Waals surface area contributed by atoms with Crippen molar-refractivity contribution < 1.29 is 4.79 Å². The first-order valence-electron chi connectivity index (χ1n) is 2.52. The number of hydrogen-bond donors (Lipinski definition) is 2. The van der Waals surface area contributed by atoms with Crippen LogP contribution in [0, 0.1) is 0 Å². The molecule has 0 saturated carbocycles. The summed E-state index contributed by atoms with van der Waals surface area (Å²) in [6, 6.07) is -0.381. The zero-order valence-corrected chi connectivity index (χ0v) is 4.96. The maximum atomic E-state index is 10.3. The van der Waals surface area contributed by atoms with Crippen LogP contribution in [-0.4, -0.2) is 11.1 Å². The first kappa shape index (κ1) is 5.90. The lowest BCUT2D eigenvalue weighted by molar-refractivity contribution is 0.230. The smallest absolute Gasteiger partial charge is 0.250 e. The minimum atomic E-state index is -0.381. The van der Waals surface area contributed by atoms with Crippen LogP contribution in [0.2, 0.25) is 0 Å². The first-order valence-corrected chi connectivity index (χ1v) is 2.52. The highest BCUT2D eigenvalue weighted by Gasteiger charge is 2.14. The number of hydrazine groups is 2. The van der Waals surface area contributed by atoms with Crippen molar-refractivity contribution in [1.82, 2.24) is 21.5 Å². The van der Waals surface area contributed by atoms with Gasteiger partial charge in [-0.2, -0.15) is 5.12 Å². The Hall–Kier alpha value is -1.23. The lowest BCUT2D eigenvalue weighted by Gasteiger charge is -2.03. The van der Waals surface area contributed by atoms with Gasteiger partial charge in [0, 0.05) is 6.20 Å². The van der Waals surface area contributed by atoms with Crippen molar-refractivity contribution in [1.29, 1.82) is 0 Å². The number of carbonyl (C=O) groups excluding carboxylic acids is 1. The van der Waals surface area contributed by atoms with Crippen LogP contribution in [0.25, 0.3) is 0 Å². The number of urea groups is 1. The summed E-state index contributed by atoms with van der Waals surface area (Å²) in [5.74, 6) is 0. The zero-order chi connectivity index (χ0) is 6.69. The molecule has 0 bridgehead atoms. The van der Waals surface area contributed by atoms with Gasteiger partial charge in [0.25, 0.3) is 0 Å². The van der Waals surface area contributed by atoms with E-state index in [0.717, 1.165) is 0 Å². The normalized spacial score (nSPS) is 18.3. The van der Waals surface area contributed by atoms with E-state index in [0.29, 0.717) is 0 Å². The third-order valence-electron chi connectivity index (χ3n) is 0.766. The summed E-state index contributed by atoms with van der Waals surface area (Å²) in [5.41, 5.74) is 8.22. The third kappa shape index (κ3) is 1.33. The highest BCUT2D eigenvalue weighted by molar-refractivity contribution is 5.73. The summed E-state index contributed by atoms with van der Waals surface area (Å²) in [6.45, 7) is 1.83. The Morgan fingerprint density at radius 1 is 1.78 bits per heavy atom. The summed E-state index contributed by atoms with van der Waals surface area (Å²) in [6.07, 6.45) is 3.38. The molecule has 0 aromatic rings. The van der Waals surface area contributed by atoms with Crippen LogP contribution >= 0.6 is 0 Å². The Balaban J connectivity index is 2.39. The maximum absolute atomic E-state index is 10.3. The molecule has 0 unspecified atom stereocenters. The van der Waals surface area contributed by atoms with E-state index in [1.807, 2.05) is 6.92 Å². The van der Waals surface area contributed by atoms with Gasteiger partial charge in [-0.3, -0.25) is 5.43 Å². The number of rotatable bonds is 1. The molecule has 0 aliphatic carbocycles. The fraction of sp³-hybridized carbons (Fsp3) is 0.250. The van der Waals surface area contributed by atoms with Gasteiger partial charge in [0.2, 0.25) is 0 Å². The summed E-state index contributed by atoms with van der Waals surface area (Å²) in [5, 5.41) is 1.29. The predicted octanol–water partition coefficient (Wildman–Crippen LogP) is -0.516. The average molecular weight is 127 g/mol. The van der Waals surface area contributed by atoms with Gasteiger partial charge in [0.05, 0.1) is 0 Å². The molecule has 0 aromatic heterocycles. The van der Waals surface area contributed by atoms with E-state index in [1.165, 1.54) is 5.12 Å². The Morgan fingerprint density at radius 2 is 2.56 bits per heavy atom. The van der Waals surface area contributed by atoms with Crippen molar-refractivity contribution in [3.63, 3.8) is 0 Å². The van der Waals surface area contributed by atoms with E-state index in [4.69, 9.17) is 0 Å². The maximum Gasteiger partial charge on any atom is 0.374 e. The molecule has 0 atom stereocenters. The Labute approximate surface area is 52.6 Å². The van der Waals surface area contributed by atoms with E-state index >= 15 is 0 Å². The molecule has 5 heteroatoms. The van der Waals surface area contributed by atoms with Crippen molar-refractivity contribution >= 4 is 6.03 Å². The van der Waals surface area contributed by atoms with Crippen LogP contribution < -0.4 is 16.4 Å². The molecule has 2 N–H and O–H groups in total. The molecule has 2 amide bonds. The van der Waals surface area contributed by atoms with Crippen molar-refractivity contribution in [3.05, 3.63) is 12.3 Å². The van der Waals surface area contributed by atoms with E-state index in [-0.39, 0.29) is 6.03 Å². The fourth-order valence-corrected chi connectivity index (χ4v) is 0.465. The van der Waals surface area contributed by atoms with E-state index < -0.39 is 0 Å². The zero-order valence-electron chi connectivity index (χ0n) is 4.96. The second-order valence-electron chi connectivity index (χ2n) is 1.47. The largest absolute Gasteiger partial charge is 0.374 e. The predicted molar refractivity (Wildman–Crippen MR) is 30.5 cm³/mol. The van der Waals surface area contributed by atoms with Crippen LogP contribution in [0.5, 0.6) is 0 Å². The SMILES string of the molecule is CC=CN1[N]C(=O)NN1. The number of carbonyl (C=O) groups is 1. The number of amides is 2. The monoisotopic (exact) mass is 127 g/mol. The van der Waals surface area contributed by atoms with Crippen molar-refractivity contribution in [3.8, 4) is 0 Å². The van der Waals surface area contributed by atoms with Gasteiger partial charge in [0.1, 0.15) is 0 Å². The van der Waals surface area contributed by atoms with Gasteiger partial charge in [-0.25, -0.2) is 4.79 Å². The van der Waals surface area contributed by atoms with Crippen LogP contribution in [0.1, 0.15) is 6.92 Å². The Bertz CT molecular complexity index is 144. The second kappa shape index (κ2) is 2.36. The molecule has 1 heterocycles. The van der Waals surface area contributed by atoms with Gasteiger partial charge >= 0.3 is 6.03 Å². The molecule has 0 spiro atoms. The number of allylic oxidation sites excluding steroid dienone is 1. The van der Waals surface area contributed by atoms with Gasteiger partial charge in [-0.05, 0) is 6.92 Å².